The quantitative estimate of drug-likeness (QED) is 0.857. The SMILES string of the molecule is CC(c1ccccc1)N(CCO)C(=O)c1ccnc(=O)[nH]1. The molecule has 2 rings (SSSR count). The number of hydrogen-bond acceptors (Lipinski definition) is 4. The lowest BCUT2D eigenvalue weighted by molar-refractivity contribution is 0.0641. The standard InChI is InChI=1S/C15H17N3O3/c1-11(12-5-3-2-4-6-12)18(9-10-19)14(20)13-7-8-16-15(21)17-13/h2-8,11,19H,9-10H2,1H3,(H,16,17,21). The summed E-state index contributed by atoms with van der Waals surface area (Å²) in [6.07, 6.45) is 1.29. The second kappa shape index (κ2) is 6.81. The van der Waals surface area contributed by atoms with E-state index >= 15 is 0 Å². The molecule has 110 valence electrons. The molecule has 0 spiro atoms. The molecule has 21 heavy (non-hydrogen) atoms. The first-order chi connectivity index (χ1) is 10.1. The fourth-order valence-electron chi connectivity index (χ4n) is 2.14. The zero-order chi connectivity index (χ0) is 15.2. The van der Waals surface area contributed by atoms with E-state index in [2.05, 4.69) is 9.97 Å². The first-order valence-electron chi connectivity index (χ1n) is 6.65. The van der Waals surface area contributed by atoms with E-state index in [4.69, 9.17) is 0 Å². The van der Waals surface area contributed by atoms with Crippen LogP contribution >= 0.6 is 0 Å². The topological polar surface area (TPSA) is 86.3 Å². The number of rotatable bonds is 5. The van der Waals surface area contributed by atoms with Crippen LogP contribution in [0, 0.1) is 0 Å². The molecule has 1 aromatic carbocycles. The molecular weight excluding hydrogens is 270 g/mol. The average molecular weight is 287 g/mol. The monoisotopic (exact) mass is 287 g/mol. The highest BCUT2D eigenvalue weighted by molar-refractivity contribution is 5.92. The Hall–Kier alpha value is -2.47. The van der Waals surface area contributed by atoms with Gasteiger partial charge in [-0.3, -0.25) is 4.79 Å². The highest BCUT2D eigenvalue weighted by atomic mass is 16.3. The Kier molecular flexibility index (Phi) is 4.84. The van der Waals surface area contributed by atoms with E-state index in [-0.39, 0.29) is 30.8 Å². The summed E-state index contributed by atoms with van der Waals surface area (Å²) in [5.41, 5.74) is 0.541. The zero-order valence-electron chi connectivity index (χ0n) is 11.7. The predicted molar refractivity (Wildman–Crippen MR) is 77.8 cm³/mol. The number of aromatic amines is 1. The number of aliphatic hydroxyl groups is 1. The van der Waals surface area contributed by atoms with Gasteiger partial charge in [0.05, 0.1) is 12.6 Å². The Morgan fingerprint density at radius 1 is 1.33 bits per heavy atom. The number of amides is 1. The van der Waals surface area contributed by atoms with E-state index in [1.54, 1.807) is 0 Å². The van der Waals surface area contributed by atoms with Crippen molar-refractivity contribution in [3.8, 4) is 0 Å². The van der Waals surface area contributed by atoms with Crippen molar-refractivity contribution >= 4 is 5.91 Å². The molecule has 0 fully saturated rings. The molecule has 1 unspecified atom stereocenters. The number of benzene rings is 1. The summed E-state index contributed by atoms with van der Waals surface area (Å²) in [6, 6.07) is 10.7. The molecular formula is C15H17N3O3. The van der Waals surface area contributed by atoms with Gasteiger partial charge in [0.15, 0.2) is 0 Å². The van der Waals surface area contributed by atoms with Crippen LogP contribution in [0.5, 0.6) is 0 Å². The smallest absolute Gasteiger partial charge is 0.345 e. The van der Waals surface area contributed by atoms with Crippen molar-refractivity contribution in [2.75, 3.05) is 13.2 Å². The van der Waals surface area contributed by atoms with Crippen LogP contribution < -0.4 is 5.69 Å². The van der Waals surface area contributed by atoms with Gasteiger partial charge in [0.1, 0.15) is 5.69 Å². The van der Waals surface area contributed by atoms with Gasteiger partial charge in [0.25, 0.3) is 5.91 Å². The summed E-state index contributed by atoms with van der Waals surface area (Å²) in [7, 11) is 0. The van der Waals surface area contributed by atoms with E-state index < -0.39 is 5.69 Å². The van der Waals surface area contributed by atoms with Gasteiger partial charge < -0.3 is 15.0 Å². The first kappa shape index (κ1) is 14.9. The Morgan fingerprint density at radius 2 is 2.05 bits per heavy atom. The van der Waals surface area contributed by atoms with Gasteiger partial charge >= 0.3 is 5.69 Å². The maximum absolute atomic E-state index is 12.5. The molecule has 0 aliphatic heterocycles. The van der Waals surface area contributed by atoms with Crippen LogP contribution in [0.3, 0.4) is 0 Å². The van der Waals surface area contributed by atoms with Gasteiger partial charge in [-0.1, -0.05) is 30.3 Å². The maximum Gasteiger partial charge on any atom is 0.345 e. The fraction of sp³-hybridized carbons (Fsp3) is 0.267. The molecule has 2 N–H and O–H groups in total. The molecule has 0 saturated carbocycles. The van der Waals surface area contributed by atoms with E-state index in [1.165, 1.54) is 17.2 Å². The lowest BCUT2D eigenvalue weighted by Crippen LogP contribution is -2.37. The molecule has 6 nitrogen and oxygen atoms in total. The van der Waals surface area contributed by atoms with E-state index in [0.717, 1.165) is 5.56 Å². The maximum atomic E-state index is 12.5. The molecule has 6 heteroatoms. The predicted octanol–water partition coefficient (Wildman–Crippen LogP) is 0.966. The number of carbonyl (C=O) groups is 1. The Labute approximate surface area is 122 Å². The molecule has 1 atom stereocenters. The van der Waals surface area contributed by atoms with E-state index in [9.17, 15) is 14.7 Å². The molecule has 0 aliphatic rings. The number of H-pyrrole nitrogens is 1. The van der Waals surface area contributed by atoms with Crippen molar-refractivity contribution in [2.45, 2.75) is 13.0 Å². The summed E-state index contributed by atoms with van der Waals surface area (Å²) >= 11 is 0. The third-order valence-corrected chi connectivity index (χ3v) is 3.26. The van der Waals surface area contributed by atoms with Crippen molar-refractivity contribution < 1.29 is 9.90 Å². The van der Waals surface area contributed by atoms with Crippen LogP contribution in [-0.4, -0.2) is 39.0 Å². The van der Waals surface area contributed by atoms with Crippen LogP contribution in [0.25, 0.3) is 0 Å². The fourth-order valence-corrected chi connectivity index (χ4v) is 2.14. The van der Waals surface area contributed by atoms with E-state index in [1.807, 2.05) is 37.3 Å². The zero-order valence-corrected chi connectivity index (χ0v) is 11.7. The number of nitrogens with zero attached hydrogens (tertiary/aromatic N) is 2. The van der Waals surface area contributed by atoms with Gasteiger partial charge in [-0.2, -0.15) is 0 Å². The molecule has 2 aromatic rings. The van der Waals surface area contributed by atoms with Crippen molar-refractivity contribution in [1.29, 1.82) is 0 Å². The molecule has 0 saturated heterocycles. The largest absolute Gasteiger partial charge is 0.395 e. The minimum absolute atomic E-state index is 0.155. The Bertz CT molecular complexity index is 654. The summed E-state index contributed by atoms with van der Waals surface area (Å²) in [5.74, 6) is -0.347. The van der Waals surface area contributed by atoms with Crippen LogP contribution in [0.4, 0.5) is 0 Å². The Balaban J connectivity index is 2.30. The van der Waals surface area contributed by atoms with E-state index in [0.29, 0.717) is 0 Å². The van der Waals surface area contributed by atoms with Crippen molar-refractivity contribution in [3.05, 3.63) is 64.3 Å². The third kappa shape index (κ3) is 3.55. The van der Waals surface area contributed by atoms with Gasteiger partial charge in [0.2, 0.25) is 0 Å². The van der Waals surface area contributed by atoms with Gasteiger partial charge in [0, 0.05) is 12.7 Å². The normalized spacial score (nSPS) is 11.9. The third-order valence-electron chi connectivity index (χ3n) is 3.26. The summed E-state index contributed by atoms with van der Waals surface area (Å²) in [5, 5.41) is 9.20. The molecule has 1 heterocycles. The number of nitrogens with one attached hydrogen (secondary N) is 1. The first-order valence-corrected chi connectivity index (χ1v) is 6.65. The summed E-state index contributed by atoms with van der Waals surface area (Å²) in [4.78, 5) is 31.2. The highest BCUT2D eigenvalue weighted by Crippen LogP contribution is 2.21. The van der Waals surface area contributed by atoms with Crippen LogP contribution in [0.15, 0.2) is 47.4 Å². The van der Waals surface area contributed by atoms with Crippen LogP contribution in [0.1, 0.15) is 29.0 Å². The van der Waals surface area contributed by atoms with Crippen molar-refractivity contribution in [3.63, 3.8) is 0 Å². The van der Waals surface area contributed by atoms with Crippen LogP contribution in [0.2, 0.25) is 0 Å². The number of carbonyl (C=O) groups excluding carboxylic acids is 1. The minimum Gasteiger partial charge on any atom is -0.395 e. The number of aromatic nitrogens is 2. The second-order valence-electron chi connectivity index (χ2n) is 4.60. The molecule has 1 aromatic heterocycles. The molecule has 0 bridgehead atoms. The number of aliphatic hydroxyl groups excluding tert-OH is 1. The summed E-state index contributed by atoms with van der Waals surface area (Å²) < 4.78 is 0. The molecule has 0 aliphatic carbocycles. The van der Waals surface area contributed by atoms with Gasteiger partial charge in [-0.15, -0.1) is 0 Å². The lowest BCUT2D eigenvalue weighted by Gasteiger charge is -2.28. The van der Waals surface area contributed by atoms with Crippen molar-refractivity contribution in [2.24, 2.45) is 0 Å². The minimum atomic E-state index is -0.572. The molecule has 0 radical (unpaired) electrons. The second-order valence-corrected chi connectivity index (χ2v) is 4.60. The van der Waals surface area contributed by atoms with Gasteiger partial charge in [-0.25, -0.2) is 9.78 Å². The Morgan fingerprint density at radius 3 is 2.67 bits per heavy atom. The van der Waals surface area contributed by atoms with Crippen LogP contribution in [-0.2, 0) is 0 Å². The summed E-state index contributed by atoms with van der Waals surface area (Å²) in [6.45, 7) is 1.90. The number of hydrogen-bond donors (Lipinski definition) is 2. The van der Waals surface area contributed by atoms with Gasteiger partial charge in [-0.05, 0) is 18.6 Å². The van der Waals surface area contributed by atoms with Crippen molar-refractivity contribution in [1.82, 2.24) is 14.9 Å². The highest BCUT2D eigenvalue weighted by Gasteiger charge is 2.22. The lowest BCUT2D eigenvalue weighted by atomic mass is 10.1. The molecule has 1 amide bonds. The average Bonchev–Trinajstić information content (AvgIpc) is 2.52.